The van der Waals surface area contributed by atoms with Gasteiger partial charge in [-0.3, -0.25) is 9.59 Å². The molecule has 0 bridgehead atoms. The summed E-state index contributed by atoms with van der Waals surface area (Å²) in [6.45, 7) is 6.78. The van der Waals surface area contributed by atoms with Gasteiger partial charge >= 0.3 is 0 Å². The molecule has 2 amide bonds. The Morgan fingerprint density at radius 1 is 0.690 bits per heavy atom. The molecule has 0 unspecified atom stereocenters. The van der Waals surface area contributed by atoms with Crippen molar-refractivity contribution in [3.63, 3.8) is 0 Å². The largest absolute Gasteiger partial charge is 0.340 e. The lowest BCUT2D eigenvalue weighted by Crippen LogP contribution is -2.40. The maximum absolute atomic E-state index is 13.2. The summed E-state index contributed by atoms with van der Waals surface area (Å²) in [6, 6.07) is 20.0. The number of hydrogen-bond acceptors (Lipinski definition) is 2. The predicted octanol–water partition coefficient (Wildman–Crippen LogP) is 4.43. The van der Waals surface area contributed by atoms with E-state index < -0.39 is 0 Å². The second-order valence-electron chi connectivity index (χ2n) is 7.75. The molecule has 29 heavy (non-hydrogen) atoms. The Bertz CT molecular complexity index is 723. The Labute approximate surface area is 174 Å². The van der Waals surface area contributed by atoms with Gasteiger partial charge < -0.3 is 9.80 Å². The van der Waals surface area contributed by atoms with Crippen LogP contribution in [0.1, 0.15) is 56.1 Å². The van der Waals surface area contributed by atoms with Crippen LogP contribution in [0.5, 0.6) is 0 Å². The van der Waals surface area contributed by atoms with E-state index in [9.17, 15) is 9.59 Å². The average Bonchev–Trinajstić information content (AvgIpc) is 3.02. The van der Waals surface area contributed by atoms with E-state index in [0.29, 0.717) is 26.2 Å². The third-order valence-electron chi connectivity index (χ3n) is 5.94. The molecule has 1 heterocycles. The van der Waals surface area contributed by atoms with Crippen LogP contribution < -0.4 is 0 Å². The minimum absolute atomic E-state index is 0.105. The third-order valence-corrected chi connectivity index (χ3v) is 5.94. The summed E-state index contributed by atoms with van der Waals surface area (Å²) in [5.74, 6) is 0.156. The zero-order chi connectivity index (χ0) is 20.6. The molecule has 2 aromatic rings. The van der Waals surface area contributed by atoms with Gasteiger partial charge in [-0.1, -0.05) is 74.5 Å². The van der Waals surface area contributed by atoms with Crippen molar-refractivity contribution >= 4 is 11.8 Å². The maximum atomic E-state index is 13.2. The SMILES string of the molecule is CC[C@H](C(=O)N1CCCN(C(=O)[C@@H](CC)c2ccccc2)CC1)c1ccccc1. The van der Waals surface area contributed by atoms with Gasteiger partial charge in [0.05, 0.1) is 11.8 Å². The minimum Gasteiger partial charge on any atom is -0.340 e. The molecule has 4 heteroatoms. The standard InChI is InChI=1S/C25H32N2O2/c1-3-22(20-12-7-5-8-13-20)24(28)26-16-11-17-27(19-18-26)25(29)23(4-2)21-14-9-6-10-15-21/h5-10,12-15,22-23H,3-4,11,16-19H2,1-2H3/t22-,23-/m0/s1. The summed E-state index contributed by atoms with van der Waals surface area (Å²) >= 11 is 0. The van der Waals surface area contributed by atoms with Gasteiger partial charge in [0.1, 0.15) is 0 Å². The van der Waals surface area contributed by atoms with Gasteiger partial charge in [-0.15, -0.1) is 0 Å². The monoisotopic (exact) mass is 392 g/mol. The quantitative estimate of drug-likeness (QED) is 0.729. The van der Waals surface area contributed by atoms with E-state index in [0.717, 1.165) is 30.4 Å². The molecule has 2 atom stereocenters. The normalized spacial score (nSPS) is 16.8. The van der Waals surface area contributed by atoms with Crippen LogP contribution in [0.3, 0.4) is 0 Å². The third kappa shape index (κ3) is 5.06. The molecule has 0 aliphatic carbocycles. The van der Waals surface area contributed by atoms with Crippen molar-refractivity contribution in [3.05, 3.63) is 71.8 Å². The van der Waals surface area contributed by atoms with E-state index in [-0.39, 0.29) is 23.7 Å². The fourth-order valence-electron chi connectivity index (χ4n) is 4.28. The summed E-state index contributed by atoms with van der Waals surface area (Å²) in [5, 5.41) is 0. The number of benzene rings is 2. The molecule has 4 nitrogen and oxygen atoms in total. The predicted molar refractivity (Wildman–Crippen MR) is 117 cm³/mol. The van der Waals surface area contributed by atoms with Gasteiger partial charge in [0, 0.05) is 26.2 Å². The second-order valence-corrected chi connectivity index (χ2v) is 7.75. The molecular weight excluding hydrogens is 360 g/mol. The molecule has 0 aromatic heterocycles. The lowest BCUT2D eigenvalue weighted by Gasteiger charge is -2.27. The van der Waals surface area contributed by atoms with Crippen molar-refractivity contribution in [3.8, 4) is 0 Å². The van der Waals surface area contributed by atoms with E-state index in [4.69, 9.17) is 0 Å². The fraction of sp³-hybridized carbons (Fsp3) is 0.440. The Hall–Kier alpha value is -2.62. The molecule has 1 aliphatic heterocycles. The Morgan fingerprint density at radius 2 is 1.07 bits per heavy atom. The van der Waals surface area contributed by atoms with Gasteiger partial charge in [0.25, 0.3) is 0 Å². The minimum atomic E-state index is -0.105. The Kier molecular flexibility index (Phi) is 7.45. The van der Waals surface area contributed by atoms with Crippen LogP contribution in [0.4, 0.5) is 0 Å². The van der Waals surface area contributed by atoms with Crippen LogP contribution in [0.15, 0.2) is 60.7 Å². The first-order chi connectivity index (χ1) is 14.2. The van der Waals surface area contributed by atoms with E-state index in [1.54, 1.807) is 0 Å². The van der Waals surface area contributed by atoms with Gasteiger partial charge in [-0.2, -0.15) is 0 Å². The first kappa shape index (κ1) is 21.1. The molecule has 1 saturated heterocycles. The van der Waals surface area contributed by atoms with Crippen LogP contribution in [0.2, 0.25) is 0 Å². The molecule has 1 aliphatic rings. The average molecular weight is 393 g/mol. The molecular formula is C25H32N2O2. The number of rotatable bonds is 6. The highest BCUT2D eigenvalue weighted by Gasteiger charge is 2.29. The lowest BCUT2D eigenvalue weighted by molar-refractivity contribution is -0.135. The zero-order valence-corrected chi connectivity index (χ0v) is 17.6. The highest BCUT2D eigenvalue weighted by Crippen LogP contribution is 2.25. The van der Waals surface area contributed by atoms with E-state index in [1.807, 2.05) is 70.5 Å². The van der Waals surface area contributed by atoms with Crippen LogP contribution in [0, 0.1) is 0 Å². The van der Waals surface area contributed by atoms with Gasteiger partial charge in [0.2, 0.25) is 11.8 Å². The van der Waals surface area contributed by atoms with Crippen molar-refractivity contribution in [1.82, 2.24) is 9.80 Å². The number of carbonyl (C=O) groups is 2. The molecule has 1 fully saturated rings. The van der Waals surface area contributed by atoms with E-state index in [2.05, 4.69) is 13.8 Å². The van der Waals surface area contributed by atoms with Crippen LogP contribution in [-0.2, 0) is 9.59 Å². The van der Waals surface area contributed by atoms with Crippen molar-refractivity contribution in [2.75, 3.05) is 26.2 Å². The van der Waals surface area contributed by atoms with Crippen molar-refractivity contribution in [1.29, 1.82) is 0 Å². The number of nitrogens with zero attached hydrogens (tertiary/aromatic N) is 2. The first-order valence-corrected chi connectivity index (χ1v) is 10.8. The van der Waals surface area contributed by atoms with Crippen LogP contribution >= 0.6 is 0 Å². The highest BCUT2D eigenvalue weighted by atomic mass is 16.2. The summed E-state index contributed by atoms with van der Waals surface area (Å²) < 4.78 is 0. The molecule has 0 spiro atoms. The van der Waals surface area contributed by atoms with Crippen LogP contribution in [-0.4, -0.2) is 47.8 Å². The van der Waals surface area contributed by atoms with Crippen molar-refractivity contribution < 1.29 is 9.59 Å². The maximum Gasteiger partial charge on any atom is 0.230 e. The van der Waals surface area contributed by atoms with Gasteiger partial charge in [0.15, 0.2) is 0 Å². The molecule has 0 radical (unpaired) electrons. The molecule has 0 saturated carbocycles. The van der Waals surface area contributed by atoms with Gasteiger partial charge in [-0.05, 0) is 30.4 Å². The van der Waals surface area contributed by atoms with Crippen molar-refractivity contribution in [2.45, 2.75) is 44.9 Å². The van der Waals surface area contributed by atoms with Crippen molar-refractivity contribution in [2.24, 2.45) is 0 Å². The number of amides is 2. The number of hydrogen-bond donors (Lipinski definition) is 0. The fourth-order valence-corrected chi connectivity index (χ4v) is 4.28. The summed E-state index contributed by atoms with van der Waals surface area (Å²) in [4.78, 5) is 30.3. The topological polar surface area (TPSA) is 40.6 Å². The van der Waals surface area contributed by atoms with E-state index >= 15 is 0 Å². The molecule has 0 N–H and O–H groups in total. The smallest absolute Gasteiger partial charge is 0.230 e. The van der Waals surface area contributed by atoms with Gasteiger partial charge in [-0.25, -0.2) is 0 Å². The first-order valence-electron chi connectivity index (χ1n) is 10.8. The molecule has 154 valence electrons. The Morgan fingerprint density at radius 3 is 1.41 bits per heavy atom. The van der Waals surface area contributed by atoms with E-state index in [1.165, 1.54) is 0 Å². The molecule has 3 rings (SSSR count). The summed E-state index contributed by atoms with van der Waals surface area (Å²) in [7, 11) is 0. The summed E-state index contributed by atoms with van der Waals surface area (Å²) in [6.07, 6.45) is 2.40. The van der Waals surface area contributed by atoms with Crippen LogP contribution in [0.25, 0.3) is 0 Å². The Balaban J connectivity index is 1.66. The highest BCUT2D eigenvalue weighted by molar-refractivity contribution is 5.85. The summed E-state index contributed by atoms with van der Waals surface area (Å²) in [5.41, 5.74) is 2.15. The molecule has 2 aromatic carbocycles. The zero-order valence-electron chi connectivity index (χ0n) is 17.6. The lowest BCUT2D eigenvalue weighted by atomic mass is 9.95. The second kappa shape index (κ2) is 10.2. The number of carbonyl (C=O) groups excluding carboxylic acids is 2.